The maximum Gasteiger partial charge on any atom is 0.259 e. The van der Waals surface area contributed by atoms with Gasteiger partial charge in [0.25, 0.3) is 5.91 Å². The van der Waals surface area contributed by atoms with Crippen molar-refractivity contribution in [1.82, 2.24) is 9.78 Å². The van der Waals surface area contributed by atoms with Crippen LogP contribution in [0, 0.1) is 3.57 Å². The number of nitrogens with zero attached hydrogens (tertiary/aromatic N) is 2. The third-order valence-electron chi connectivity index (χ3n) is 2.66. The van der Waals surface area contributed by atoms with Crippen LogP contribution in [-0.4, -0.2) is 15.7 Å². The van der Waals surface area contributed by atoms with E-state index in [9.17, 15) is 4.79 Å². The Balaban J connectivity index is 2.22. The van der Waals surface area contributed by atoms with Crippen LogP contribution >= 0.6 is 38.5 Å². The molecule has 6 heteroatoms. The van der Waals surface area contributed by atoms with E-state index in [1.54, 1.807) is 10.9 Å². The number of amides is 1. The van der Waals surface area contributed by atoms with Gasteiger partial charge in [-0.25, -0.2) is 0 Å². The van der Waals surface area contributed by atoms with E-state index in [4.69, 9.17) is 0 Å². The number of aromatic nitrogens is 2. The fourth-order valence-electron chi connectivity index (χ4n) is 1.76. The maximum absolute atomic E-state index is 12.2. The van der Waals surface area contributed by atoms with Gasteiger partial charge in [-0.05, 0) is 63.1 Å². The van der Waals surface area contributed by atoms with Crippen molar-refractivity contribution in [1.29, 1.82) is 0 Å². The van der Waals surface area contributed by atoms with Gasteiger partial charge < -0.3 is 5.32 Å². The molecule has 0 fully saturated rings. The average Bonchev–Trinajstić information content (AvgIpc) is 2.75. The summed E-state index contributed by atoms with van der Waals surface area (Å²) in [5, 5.41) is 7.17. The fraction of sp³-hybridized carbons (Fsp3) is 0.231. The normalized spacial score (nSPS) is 10.5. The SMILES string of the molecule is CCc1nn(C)cc1C(=O)Nc1ccc(Br)c(I)c1. The maximum atomic E-state index is 12.2. The summed E-state index contributed by atoms with van der Waals surface area (Å²) in [6, 6.07) is 5.71. The number of nitrogens with one attached hydrogen (secondary N) is 1. The molecule has 2 rings (SSSR count). The molecule has 0 unspecified atom stereocenters. The van der Waals surface area contributed by atoms with Gasteiger partial charge in [-0.1, -0.05) is 6.92 Å². The van der Waals surface area contributed by atoms with Crippen LogP contribution in [0.4, 0.5) is 5.69 Å². The Kier molecular flexibility index (Phi) is 4.62. The molecule has 1 aromatic heterocycles. The molecule has 0 spiro atoms. The minimum absolute atomic E-state index is 0.122. The predicted molar refractivity (Wildman–Crippen MR) is 87.4 cm³/mol. The third-order valence-corrected chi connectivity index (χ3v) is 4.99. The first-order valence-electron chi connectivity index (χ1n) is 5.80. The number of anilines is 1. The lowest BCUT2D eigenvalue weighted by molar-refractivity contribution is 0.102. The molecule has 19 heavy (non-hydrogen) atoms. The van der Waals surface area contributed by atoms with Crippen molar-refractivity contribution >= 4 is 50.1 Å². The van der Waals surface area contributed by atoms with Crippen molar-refractivity contribution in [2.75, 3.05) is 5.32 Å². The standard InChI is InChI=1S/C13H13BrIN3O/c1-3-12-9(7-18(2)17-12)13(19)16-8-4-5-10(14)11(15)6-8/h4-7H,3H2,1-2H3,(H,16,19). The number of rotatable bonds is 3. The van der Waals surface area contributed by atoms with E-state index in [2.05, 4.69) is 48.9 Å². The molecule has 1 heterocycles. The molecule has 1 amide bonds. The highest BCUT2D eigenvalue weighted by molar-refractivity contribution is 14.1. The lowest BCUT2D eigenvalue weighted by Crippen LogP contribution is -2.13. The van der Waals surface area contributed by atoms with E-state index in [-0.39, 0.29) is 5.91 Å². The van der Waals surface area contributed by atoms with Gasteiger partial charge in [-0.15, -0.1) is 0 Å². The van der Waals surface area contributed by atoms with Crippen LogP contribution in [0.25, 0.3) is 0 Å². The molecule has 0 radical (unpaired) electrons. The third kappa shape index (κ3) is 3.36. The molecule has 100 valence electrons. The molecule has 0 aliphatic heterocycles. The van der Waals surface area contributed by atoms with Crippen molar-refractivity contribution in [3.05, 3.63) is 43.7 Å². The number of carbonyl (C=O) groups excluding carboxylic acids is 1. The molecule has 0 bridgehead atoms. The molecule has 0 saturated heterocycles. The summed E-state index contributed by atoms with van der Waals surface area (Å²) in [6.07, 6.45) is 2.49. The minimum atomic E-state index is -0.122. The number of halogens is 2. The van der Waals surface area contributed by atoms with Crippen LogP contribution in [0.1, 0.15) is 23.0 Å². The molecule has 1 N–H and O–H groups in total. The van der Waals surface area contributed by atoms with Gasteiger partial charge in [-0.2, -0.15) is 5.10 Å². The molecule has 0 aliphatic carbocycles. The van der Waals surface area contributed by atoms with Crippen LogP contribution in [0.2, 0.25) is 0 Å². The summed E-state index contributed by atoms with van der Waals surface area (Å²) >= 11 is 5.65. The molecule has 1 aromatic carbocycles. The van der Waals surface area contributed by atoms with Gasteiger partial charge in [0.05, 0.1) is 11.3 Å². The Labute approximate surface area is 133 Å². The Morgan fingerprint density at radius 3 is 2.89 bits per heavy atom. The summed E-state index contributed by atoms with van der Waals surface area (Å²) in [7, 11) is 1.82. The average molecular weight is 434 g/mol. The molecule has 0 aliphatic rings. The zero-order valence-electron chi connectivity index (χ0n) is 10.6. The highest BCUT2D eigenvalue weighted by atomic mass is 127. The molecule has 2 aromatic rings. The van der Waals surface area contributed by atoms with Crippen LogP contribution in [0.3, 0.4) is 0 Å². The molecule has 4 nitrogen and oxygen atoms in total. The Bertz CT molecular complexity index is 624. The molecular weight excluding hydrogens is 421 g/mol. The largest absolute Gasteiger partial charge is 0.322 e. The van der Waals surface area contributed by atoms with Gasteiger partial charge in [0.15, 0.2) is 0 Å². The minimum Gasteiger partial charge on any atom is -0.322 e. The zero-order valence-corrected chi connectivity index (χ0v) is 14.3. The highest BCUT2D eigenvalue weighted by Gasteiger charge is 2.14. The van der Waals surface area contributed by atoms with E-state index in [0.29, 0.717) is 5.56 Å². The van der Waals surface area contributed by atoms with E-state index in [0.717, 1.165) is 25.8 Å². The van der Waals surface area contributed by atoms with Gasteiger partial charge >= 0.3 is 0 Å². The highest BCUT2D eigenvalue weighted by Crippen LogP contribution is 2.23. The van der Waals surface area contributed by atoms with Crippen molar-refractivity contribution in [2.45, 2.75) is 13.3 Å². The number of carbonyl (C=O) groups is 1. The number of hydrogen-bond donors (Lipinski definition) is 1. The number of aryl methyl sites for hydroxylation is 2. The predicted octanol–water partition coefficient (Wildman–Crippen LogP) is 3.60. The lowest BCUT2D eigenvalue weighted by atomic mass is 10.2. The number of benzene rings is 1. The van der Waals surface area contributed by atoms with E-state index < -0.39 is 0 Å². The summed E-state index contributed by atoms with van der Waals surface area (Å²) in [5.74, 6) is -0.122. The topological polar surface area (TPSA) is 46.9 Å². The van der Waals surface area contributed by atoms with Crippen LogP contribution in [0.15, 0.2) is 28.9 Å². The van der Waals surface area contributed by atoms with Crippen molar-refractivity contribution in [3.8, 4) is 0 Å². The van der Waals surface area contributed by atoms with E-state index >= 15 is 0 Å². The first kappa shape index (κ1) is 14.5. The molecular formula is C13H13BrIN3O. The zero-order chi connectivity index (χ0) is 14.0. The summed E-state index contributed by atoms with van der Waals surface area (Å²) in [5.41, 5.74) is 2.22. The van der Waals surface area contributed by atoms with Crippen LogP contribution < -0.4 is 5.32 Å². The van der Waals surface area contributed by atoms with Crippen LogP contribution in [-0.2, 0) is 13.5 Å². The van der Waals surface area contributed by atoms with Gasteiger partial charge in [0.1, 0.15) is 0 Å². The van der Waals surface area contributed by atoms with Crippen molar-refractivity contribution < 1.29 is 4.79 Å². The Morgan fingerprint density at radius 2 is 2.26 bits per heavy atom. The summed E-state index contributed by atoms with van der Waals surface area (Å²) in [4.78, 5) is 12.2. The first-order valence-corrected chi connectivity index (χ1v) is 7.67. The molecule has 0 atom stereocenters. The quantitative estimate of drug-likeness (QED) is 0.751. The lowest BCUT2D eigenvalue weighted by Gasteiger charge is -2.06. The van der Waals surface area contributed by atoms with E-state index in [1.165, 1.54) is 0 Å². The Hall–Kier alpha value is -0.890. The van der Waals surface area contributed by atoms with E-state index in [1.807, 2.05) is 32.2 Å². The fourth-order valence-corrected chi connectivity index (χ4v) is 2.52. The smallest absolute Gasteiger partial charge is 0.259 e. The van der Waals surface area contributed by atoms with Crippen molar-refractivity contribution in [3.63, 3.8) is 0 Å². The molecule has 0 saturated carbocycles. The van der Waals surface area contributed by atoms with Gasteiger partial charge in [0.2, 0.25) is 0 Å². The second kappa shape index (κ2) is 6.04. The Morgan fingerprint density at radius 1 is 1.53 bits per heavy atom. The second-order valence-electron chi connectivity index (χ2n) is 4.10. The van der Waals surface area contributed by atoms with Crippen molar-refractivity contribution in [2.24, 2.45) is 7.05 Å². The number of hydrogen-bond acceptors (Lipinski definition) is 2. The van der Waals surface area contributed by atoms with Gasteiger partial charge in [-0.3, -0.25) is 9.48 Å². The second-order valence-corrected chi connectivity index (χ2v) is 6.12. The summed E-state index contributed by atoms with van der Waals surface area (Å²) in [6.45, 7) is 1.99. The summed E-state index contributed by atoms with van der Waals surface area (Å²) < 4.78 is 3.73. The monoisotopic (exact) mass is 433 g/mol. The van der Waals surface area contributed by atoms with Crippen LogP contribution in [0.5, 0.6) is 0 Å². The first-order chi connectivity index (χ1) is 9.01. The van der Waals surface area contributed by atoms with Gasteiger partial charge in [0, 0.05) is 27.0 Å².